The number of allylic oxidation sites excluding steroid dienone is 2. The van der Waals surface area contributed by atoms with Gasteiger partial charge in [0, 0.05) is 6.07 Å². The first-order valence-corrected chi connectivity index (χ1v) is 13.6. The van der Waals surface area contributed by atoms with Crippen LogP contribution in [0.1, 0.15) is 83.1 Å². The lowest BCUT2D eigenvalue weighted by Gasteiger charge is -2.60. The zero-order chi connectivity index (χ0) is 23.7. The molecular formula is C29H39NO4. The van der Waals surface area contributed by atoms with E-state index in [9.17, 15) is 14.7 Å². The summed E-state index contributed by atoms with van der Waals surface area (Å²) in [6, 6.07) is 3.21. The van der Waals surface area contributed by atoms with Gasteiger partial charge < -0.3 is 14.8 Å². The van der Waals surface area contributed by atoms with E-state index >= 15 is 0 Å². The summed E-state index contributed by atoms with van der Waals surface area (Å²) in [5.74, 6) is 2.77. The lowest BCUT2D eigenvalue weighted by atomic mass is 9.44. The van der Waals surface area contributed by atoms with Gasteiger partial charge in [0.15, 0.2) is 0 Å². The maximum absolute atomic E-state index is 11.8. The zero-order valence-electron chi connectivity index (χ0n) is 20.6. The largest absolute Gasteiger partial charge is 0.480 e. The Hall–Kier alpha value is -1.88. The summed E-state index contributed by atoms with van der Waals surface area (Å²) in [4.78, 5) is 23.3. The Morgan fingerprint density at radius 2 is 1.97 bits per heavy atom. The average molecular weight is 466 g/mol. The highest BCUT2D eigenvalue weighted by atomic mass is 16.4. The number of nitrogens with one attached hydrogen (secondary N) is 1. The average Bonchev–Trinajstić information content (AvgIpc) is 3.44. The molecule has 1 aromatic heterocycles. The fourth-order valence-electron chi connectivity index (χ4n) is 9.58. The van der Waals surface area contributed by atoms with Gasteiger partial charge in [-0.05, 0) is 122 Å². The molecule has 34 heavy (non-hydrogen) atoms. The molecule has 5 aliphatic rings. The molecule has 0 bridgehead atoms. The Morgan fingerprint density at radius 3 is 2.74 bits per heavy atom. The van der Waals surface area contributed by atoms with Crippen molar-refractivity contribution >= 4 is 5.97 Å². The van der Waals surface area contributed by atoms with E-state index in [0.717, 1.165) is 31.2 Å². The van der Waals surface area contributed by atoms with Gasteiger partial charge in [-0.15, -0.1) is 0 Å². The Labute approximate surface area is 202 Å². The Balaban J connectivity index is 1.21. The quantitative estimate of drug-likeness (QED) is 0.587. The van der Waals surface area contributed by atoms with Gasteiger partial charge >= 0.3 is 11.6 Å². The third-order valence-electron chi connectivity index (χ3n) is 11.4. The third kappa shape index (κ3) is 3.29. The minimum absolute atomic E-state index is 0.172. The van der Waals surface area contributed by atoms with Crippen LogP contribution < -0.4 is 10.9 Å². The fourth-order valence-corrected chi connectivity index (χ4v) is 9.58. The summed E-state index contributed by atoms with van der Waals surface area (Å²) in [6.07, 6.45) is 15.0. The van der Waals surface area contributed by atoms with Crippen LogP contribution >= 0.6 is 0 Å². The molecule has 2 N–H and O–H groups in total. The van der Waals surface area contributed by atoms with Crippen molar-refractivity contribution in [3.8, 4) is 0 Å². The van der Waals surface area contributed by atoms with E-state index in [1.165, 1.54) is 50.5 Å². The van der Waals surface area contributed by atoms with E-state index in [1.54, 1.807) is 17.9 Å². The number of hydrogen-bond acceptors (Lipinski definition) is 4. The Morgan fingerprint density at radius 1 is 1.12 bits per heavy atom. The summed E-state index contributed by atoms with van der Waals surface area (Å²) in [6.45, 7) is 5.89. The van der Waals surface area contributed by atoms with Crippen molar-refractivity contribution in [3.05, 3.63) is 46.0 Å². The van der Waals surface area contributed by atoms with Crippen molar-refractivity contribution in [2.75, 3.05) is 6.54 Å². The highest BCUT2D eigenvalue weighted by molar-refractivity contribution is 5.74. The van der Waals surface area contributed by atoms with E-state index in [0.29, 0.717) is 29.1 Å². The van der Waals surface area contributed by atoms with Gasteiger partial charge in [-0.2, -0.15) is 0 Å². The molecule has 2 heterocycles. The molecule has 3 saturated carbocycles. The van der Waals surface area contributed by atoms with Crippen molar-refractivity contribution in [2.24, 2.45) is 40.4 Å². The van der Waals surface area contributed by atoms with Gasteiger partial charge in [0.2, 0.25) is 0 Å². The third-order valence-corrected chi connectivity index (χ3v) is 11.4. The summed E-state index contributed by atoms with van der Waals surface area (Å²) in [5.41, 5.74) is 3.14. The lowest BCUT2D eigenvalue weighted by Crippen LogP contribution is -2.52. The van der Waals surface area contributed by atoms with Crippen LogP contribution in [-0.2, 0) is 4.79 Å². The van der Waals surface area contributed by atoms with E-state index in [-0.39, 0.29) is 17.1 Å². The molecule has 4 aliphatic carbocycles. The van der Waals surface area contributed by atoms with Crippen LogP contribution in [0.15, 0.2) is 39.3 Å². The van der Waals surface area contributed by atoms with Gasteiger partial charge in [0.1, 0.15) is 6.04 Å². The molecule has 4 fully saturated rings. The van der Waals surface area contributed by atoms with Gasteiger partial charge in [0.25, 0.3) is 0 Å². The van der Waals surface area contributed by atoms with Gasteiger partial charge in [-0.25, -0.2) is 4.79 Å². The number of carboxylic acids is 1. The van der Waals surface area contributed by atoms with E-state index in [4.69, 9.17) is 4.42 Å². The molecule has 5 nitrogen and oxygen atoms in total. The lowest BCUT2D eigenvalue weighted by molar-refractivity contribution is -0.141. The van der Waals surface area contributed by atoms with E-state index in [2.05, 4.69) is 25.2 Å². The summed E-state index contributed by atoms with van der Waals surface area (Å²) in [5, 5.41) is 12.9. The molecule has 1 unspecified atom stereocenters. The van der Waals surface area contributed by atoms with Crippen molar-refractivity contribution in [1.82, 2.24) is 5.32 Å². The van der Waals surface area contributed by atoms with Crippen LogP contribution in [0.25, 0.3) is 0 Å². The van der Waals surface area contributed by atoms with Crippen LogP contribution in [0.5, 0.6) is 0 Å². The maximum atomic E-state index is 11.8. The first-order valence-electron chi connectivity index (χ1n) is 13.6. The molecule has 9 atom stereocenters. The molecule has 184 valence electrons. The van der Waals surface area contributed by atoms with Gasteiger partial charge in [-0.1, -0.05) is 25.5 Å². The van der Waals surface area contributed by atoms with Crippen molar-refractivity contribution in [1.29, 1.82) is 0 Å². The second kappa shape index (κ2) is 8.08. The molecule has 1 saturated heterocycles. The Kier molecular flexibility index (Phi) is 5.36. The molecule has 6 rings (SSSR count). The second-order valence-corrected chi connectivity index (χ2v) is 12.5. The fraction of sp³-hybridized carbons (Fsp3) is 0.724. The number of carboxylic acid groups (broad SMARTS) is 1. The predicted molar refractivity (Wildman–Crippen MR) is 130 cm³/mol. The van der Waals surface area contributed by atoms with Crippen LogP contribution in [-0.4, -0.2) is 23.7 Å². The molecule has 1 aromatic rings. The summed E-state index contributed by atoms with van der Waals surface area (Å²) >= 11 is 0. The number of fused-ring (bicyclic) bond motifs is 5. The molecule has 1 aliphatic heterocycles. The van der Waals surface area contributed by atoms with Crippen LogP contribution in [0.3, 0.4) is 0 Å². The van der Waals surface area contributed by atoms with Gasteiger partial charge in [-0.3, -0.25) is 4.79 Å². The minimum Gasteiger partial charge on any atom is -0.480 e. The Bertz CT molecular complexity index is 1040. The SMILES string of the molecule is C[C@]12CCC([C@@H]3CCN[C@H]3C(=O)O)C[C@H]1CC[C@H]1C3=CC[C@H](c4ccc(=O)oc4)[C@@]3(C)CC[C@@H]12. The number of carbonyl (C=O) groups is 1. The highest BCUT2D eigenvalue weighted by Crippen LogP contribution is 2.68. The second-order valence-electron chi connectivity index (χ2n) is 12.5. The molecule has 0 aromatic carbocycles. The van der Waals surface area contributed by atoms with Gasteiger partial charge in [0.05, 0.1) is 6.26 Å². The normalized spacial score (nSPS) is 45.7. The number of rotatable bonds is 3. The topological polar surface area (TPSA) is 79.5 Å². The van der Waals surface area contributed by atoms with E-state index < -0.39 is 5.97 Å². The molecule has 5 heteroatoms. The van der Waals surface area contributed by atoms with Crippen molar-refractivity contribution in [2.45, 2.75) is 83.6 Å². The molecule has 0 spiro atoms. The highest BCUT2D eigenvalue weighted by Gasteiger charge is 2.58. The first-order chi connectivity index (χ1) is 16.3. The van der Waals surface area contributed by atoms with Crippen LogP contribution in [0.2, 0.25) is 0 Å². The predicted octanol–water partition coefficient (Wildman–Crippen LogP) is 5.37. The van der Waals surface area contributed by atoms with Crippen LogP contribution in [0, 0.1) is 40.4 Å². The summed E-state index contributed by atoms with van der Waals surface area (Å²) < 4.78 is 5.24. The molecular weight excluding hydrogens is 426 g/mol. The van der Waals surface area contributed by atoms with Crippen LogP contribution in [0.4, 0.5) is 0 Å². The van der Waals surface area contributed by atoms with E-state index in [1.807, 2.05) is 6.07 Å². The molecule has 0 amide bonds. The van der Waals surface area contributed by atoms with Crippen molar-refractivity contribution < 1.29 is 14.3 Å². The zero-order valence-corrected chi connectivity index (χ0v) is 20.6. The molecule has 0 radical (unpaired) electrons. The van der Waals surface area contributed by atoms with Crippen molar-refractivity contribution in [3.63, 3.8) is 0 Å². The maximum Gasteiger partial charge on any atom is 0.335 e. The number of hydrogen-bond donors (Lipinski definition) is 2. The number of aliphatic carboxylic acids is 1. The monoisotopic (exact) mass is 465 g/mol. The smallest absolute Gasteiger partial charge is 0.335 e. The standard InChI is InChI=1S/C29H39NO4/c1-28-12-9-17(20-11-14-30-26(20)27(32)33)15-19(28)4-5-21-23-7-6-22(18-3-8-25(31)34-16-18)29(23,2)13-10-24(21)28/h3,7-8,16-17,19-22,24,26,30H,4-6,9-15H2,1-2H3,(H,32,33)/t17?,19-,20+,21+,22-,24+,26-,28+,29-/m1/s1. The summed E-state index contributed by atoms with van der Waals surface area (Å²) in [7, 11) is 0. The minimum atomic E-state index is -0.661. The first kappa shape index (κ1) is 22.6.